The van der Waals surface area contributed by atoms with Crippen molar-refractivity contribution in [2.75, 3.05) is 6.54 Å². The first kappa shape index (κ1) is 15.8. The highest BCUT2D eigenvalue weighted by Crippen LogP contribution is 2.34. The lowest BCUT2D eigenvalue weighted by Gasteiger charge is -2.42. The smallest absolute Gasteiger partial charge is 0.241 e. The van der Waals surface area contributed by atoms with Gasteiger partial charge >= 0.3 is 0 Å². The molecule has 3 N–H and O–H groups in total. The van der Waals surface area contributed by atoms with Crippen LogP contribution in [0.3, 0.4) is 0 Å². The minimum atomic E-state index is -3.57. The average molecular weight is 317 g/mol. The Morgan fingerprint density at radius 3 is 2.55 bits per heavy atom. The van der Waals surface area contributed by atoms with Gasteiger partial charge in [0.2, 0.25) is 10.0 Å². The molecule has 0 aromatic heterocycles. The van der Waals surface area contributed by atoms with Crippen LogP contribution in [0.1, 0.15) is 32.6 Å². The van der Waals surface area contributed by atoms with Gasteiger partial charge in [-0.3, -0.25) is 0 Å². The maximum Gasteiger partial charge on any atom is 0.241 e. The van der Waals surface area contributed by atoms with Crippen LogP contribution in [0.15, 0.2) is 29.2 Å². The normalized spacial score (nSPS) is 27.4. The van der Waals surface area contributed by atoms with E-state index in [-0.39, 0.29) is 10.8 Å². The highest BCUT2D eigenvalue weighted by molar-refractivity contribution is 7.89. The van der Waals surface area contributed by atoms with Crippen molar-refractivity contribution < 1.29 is 8.42 Å². The van der Waals surface area contributed by atoms with Crippen molar-refractivity contribution in [3.63, 3.8) is 0 Å². The number of halogens is 1. The van der Waals surface area contributed by atoms with E-state index in [1.165, 1.54) is 12.1 Å². The molecule has 6 heteroatoms. The third kappa shape index (κ3) is 3.17. The van der Waals surface area contributed by atoms with Crippen LogP contribution in [-0.2, 0) is 10.0 Å². The molecule has 1 saturated carbocycles. The van der Waals surface area contributed by atoms with E-state index in [4.69, 9.17) is 17.3 Å². The lowest BCUT2D eigenvalue weighted by molar-refractivity contribution is 0.191. The van der Waals surface area contributed by atoms with Gasteiger partial charge in [0.1, 0.15) is 0 Å². The molecule has 0 bridgehead atoms. The van der Waals surface area contributed by atoms with Gasteiger partial charge in [0.05, 0.1) is 4.90 Å². The van der Waals surface area contributed by atoms with Crippen molar-refractivity contribution in [1.29, 1.82) is 0 Å². The molecule has 4 nitrogen and oxygen atoms in total. The van der Waals surface area contributed by atoms with Crippen LogP contribution in [0, 0.1) is 5.92 Å². The monoisotopic (exact) mass is 316 g/mol. The highest BCUT2D eigenvalue weighted by atomic mass is 35.5. The number of benzene rings is 1. The fourth-order valence-electron chi connectivity index (χ4n) is 2.85. The topological polar surface area (TPSA) is 72.2 Å². The van der Waals surface area contributed by atoms with Crippen molar-refractivity contribution in [3.05, 3.63) is 29.3 Å². The molecule has 0 radical (unpaired) electrons. The number of rotatable bonds is 4. The molecule has 2 atom stereocenters. The Morgan fingerprint density at radius 2 is 2.00 bits per heavy atom. The van der Waals surface area contributed by atoms with E-state index in [9.17, 15) is 8.42 Å². The van der Waals surface area contributed by atoms with Gasteiger partial charge in [-0.15, -0.1) is 0 Å². The molecule has 0 saturated heterocycles. The Kier molecular flexibility index (Phi) is 4.74. The van der Waals surface area contributed by atoms with Crippen molar-refractivity contribution in [1.82, 2.24) is 4.72 Å². The van der Waals surface area contributed by atoms with Gasteiger partial charge in [-0.1, -0.05) is 31.4 Å². The largest absolute Gasteiger partial charge is 0.329 e. The lowest BCUT2D eigenvalue weighted by atomic mass is 9.74. The summed E-state index contributed by atoms with van der Waals surface area (Å²) in [7, 11) is -3.57. The Labute approximate surface area is 125 Å². The third-order valence-corrected chi connectivity index (χ3v) is 6.10. The molecule has 1 aromatic carbocycles. The molecule has 1 fully saturated rings. The lowest BCUT2D eigenvalue weighted by Crippen LogP contribution is -2.58. The van der Waals surface area contributed by atoms with Gasteiger partial charge in [-0.2, -0.15) is 0 Å². The predicted octanol–water partition coefficient (Wildman–Crippen LogP) is 2.53. The summed E-state index contributed by atoms with van der Waals surface area (Å²) in [5.41, 5.74) is 5.36. The van der Waals surface area contributed by atoms with Crippen molar-refractivity contribution in [2.24, 2.45) is 11.7 Å². The maximum absolute atomic E-state index is 12.5. The van der Waals surface area contributed by atoms with Crippen LogP contribution in [-0.4, -0.2) is 20.5 Å². The fraction of sp³-hybridized carbons (Fsp3) is 0.571. The van der Waals surface area contributed by atoms with Gasteiger partial charge in [0.25, 0.3) is 0 Å². The molecule has 2 rings (SSSR count). The van der Waals surface area contributed by atoms with Crippen LogP contribution < -0.4 is 10.5 Å². The molecule has 1 aliphatic carbocycles. The maximum atomic E-state index is 12.5. The SMILES string of the molecule is CC1CCCCC1(CN)NS(=O)(=O)c1ccc(Cl)cc1. The van der Waals surface area contributed by atoms with Gasteiger partial charge < -0.3 is 5.73 Å². The van der Waals surface area contributed by atoms with E-state index in [0.717, 1.165) is 25.7 Å². The fourth-order valence-corrected chi connectivity index (χ4v) is 4.51. The summed E-state index contributed by atoms with van der Waals surface area (Å²) in [5.74, 6) is 0.239. The van der Waals surface area contributed by atoms with Crippen LogP contribution in [0.2, 0.25) is 5.02 Å². The molecule has 0 amide bonds. The third-order valence-electron chi connectivity index (χ3n) is 4.28. The zero-order chi connectivity index (χ0) is 14.8. The first-order valence-electron chi connectivity index (χ1n) is 6.89. The highest BCUT2D eigenvalue weighted by Gasteiger charge is 2.40. The zero-order valence-electron chi connectivity index (χ0n) is 11.6. The number of nitrogens with one attached hydrogen (secondary N) is 1. The molecule has 0 aliphatic heterocycles. The molecular weight excluding hydrogens is 296 g/mol. The second-order valence-corrected chi connectivity index (χ2v) is 7.69. The van der Waals surface area contributed by atoms with E-state index in [1.54, 1.807) is 12.1 Å². The first-order valence-corrected chi connectivity index (χ1v) is 8.75. The quantitative estimate of drug-likeness (QED) is 0.896. The van der Waals surface area contributed by atoms with Crippen LogP contribution in [0.5, 0.6) is 0 Å². The van der Waals surface area contributed by atoms with Crippen LogP contribution in [0.4, 0.5) is 0 Å². The number of hydrogen-bond donors (Lipinski definition) is 2. The molecule has 1 aromatic rings. The second kappa shape index (κ2) is 6.02. The standard InChI is InChI=1S/C14H21ClN2O2S/c1-11-4-2-3-9-14(11,10-16)17-20(18,19)13-7-5-12(15)6-8-13/h5-8,11,17H,2-4,9-10,16H2,1H3. The minimum absolute atomic E-state index is 0.229. The van der Waals surface area contributed by atoms with Gasteiger partial charge in [0, 0.05) is 17.1 Å². The van der Waals surface area contributed by atoms with E-state index in [2.05, 4.69) is 11.6 Å². The molecule has 2 unspecified atom stereocenters. The number of nitrogens with two attached hydrogens (primary N) is 1. The number of hydrogen-bond acceptors (Lipinski definition) is 3. The summed E-state index contributed by atoms with van der Waals surface area (Å²) >= 11 is 5.80. The van der Waals surface area contributed by atoms with Crippen molar-refractivity contribution >= 4 is 21.6 Å². The summed E-state index contributed by atoms with van der Waals surface area (Å²) in [6, 6.07) is 6.19. The summed E-state index contributed by atoms with van der Waals surface area (Å²) in [4.78, 5) is 0.229. The Bertz CT molecular complexity index is 559. The summed E-state index contributed by atoms with van der Waals surface area (Å²) in [6.45, 7) is 2.39. The zero-order valence-corrected chi connectivity index (χ0v) is 13.2. The number of sulfonamides is 1. The van der Waals surface area contributed by atoms with Crippen molar-refractivity contribution in [2.45, 2.75) is 43.0 Å². The van der Waals surface area contributed by atoms with Gasteiger partial charge in [-0.05, 0) is 43.0 Å². The second-order valence-electron chi connectivity index (χ2n) is 5.57. The molecule has 112 valence electrons. The van der Waals surface area contributed by atoms with Crippen LogP contribution >= 0.6 is 11.6 Å². The van der Waals surface area contributed by atoms with Crippen molar-refractivity contribution in [3.8, 4) is 0 Å². The predicted molar refractivity (Wildman–Crippen MR) is 81.2 cm³/mol. The first-order chi connectivity index (χ1) is 9.39. The van der Waals surface area contributed by atoms with Gasteiger partial charge in [-0.25, -0.2) is 13.1 Å². The summed E-state index contributed by atoms with van der Waals surface area (Å²) < 4.78 is 27.9. The van der Waals surface area contributed by atoms with E-state index in [1.807, 2.05) is 0 Å². The summed E-state index contributed by atoms with van der Waals surface area (Å²) in [5, 5.41) is 0.517. The summed E-state index contributed by atoms with van der Waals surface area (Å²) in [6.07, 6.45) is 3.92. The Balaban J connectivity index is 2.28. The molecule has 0 spiro atoms. The van der Waals surface area contributed by atoms with Gasteiger partial charge in [0.15, 0.2) is 0 Å². The molecule has 20 heavy (non-hydrogen) atoms. The van der Waals surface area contributed by atoms with Crippen LogP contribution in [0.25, 0.3) is 0 Å². The molecular formula is C14H21ClN2O2S. The minimum Gasteiger partial charge on any atom is -0.329 e. The van der Waals surface area contributed by atoms with E-state index >= 15 is 0 Å². The molecule has 0 heterocycles. The molecule has 1 aliphatic rings. The van der Waals surface area contributed by atoms with E-state index < -0.39 is 15.6 Å². The Morgan fingerprint density at radius 1 is 1.35 bits per heavy atom. The van der Waals surface area contributed by atoms with E-state index in [0.29, 0.717) is 11.6 Å². The average Bonchev–Trinajstić information content (AvgIpc) is 2.42. The Hall–Kier alpha value is -0.620.